The third-order valence-corrected chi connectivity index (χ3v) is 10.6. The number of rotatable bonds is 41. The van der Waals surface area contributed by atoms with Gasteiger partial charge >= 0.3 is 5.97 Å². The second kappa shape index (κ2) is 40.8. The molecule has 0 fully saturated rings. The van der Waals surface area contributed by atoms with Crippen molar-refractivity contribution >= 4 is 11.9 Å². The van der Waals surface area contributed by atoms with Gasteiger partial charge in [-0.25, -0.2) is 0 Å². The van der Waals surface area contributed by atoms with Crippen molar-refractivity contribution in [3.05, 3.63) is 12.2 Å². The Morgan fingerprint density at radius 3 is 1.44 bits per heavy atom. The number of aliphatic hydroxyl groups is 2. The molecule has 3 unspecified atom stereocenters. The van der Waals surface area contributed by atoms with Gasteiger partial charge < -0.3 is 20.3 Å². The van der Waals surface area contributed by atoms with Crippen LogP contribution in [0.2, 0.25) is 0 Å². The van der Waals surface area contributed by atoms with Gasteiger partial charge in [0, 0.05) is 6.42 Å². The van der Waals surface area contributed by atoms with E-state index in [0.717, 1.165) is 64.2 Å². The van der Waals surface area contributed by atoms with Crippen molar-refractivity contribution in [3.63, 3.8) is 0 Å². The summed E-state index contributed by atoms with van der Waals surface area (Å²) in [5.74, 6) is -0.476. The number of ether oxygens (including phenoxy) is 1. The van der Waals surface area contributed by atoms with E-state index in [4.69, 9.17) is 4.74 Å². The number of hydrogen-bond acceptors (Lipinski definition) is 5. The van der Waals surface area contributed by atoms with E-state index in [9.17, 15) is 19.8 Å². The highest BCUT2D eigenvalue weighted by molar-refractivity contribution is 5.77. The van der Waals surface area contributed by atoms with Gasteiger partial charge in [-0.2, -0.15) is 0 Å². The first kappa shape index (κ1) is 50.6. The fourth-order valence-corrected chi connectivity index (χ4v) is 7.08. The summed E-state index contributed by atoms with van der Waals surface area (Å²) in [7, 11) is 0. The number of amides is 1. The average Bonchev–Trinajstić information content (AvgIpc) is 3.13. The lowest BCUT2D eigenvalue weighted by molar-refractivity contribution is -0.151. The molecule has 3 atom stereocenters. The van der Waals surface area contributed by atoms with Gasteiger partial charge in [0.1, 0.15) is 6.10 Å². The minimum Gasteiger partial charge on any atom is -0.462 e. The second-order valence-electron chi connectivity index (χ2n) is 15.8. The molecule has 3 N–H and O–H groups in total. The van der Waals surface area contributed by atoms with Crippen molar-refractivity contribution in [3.8, 4) is 0 Å². The molecular formula is C46H89NO5. The van der Waals surface area contributed by atoms with Crippen LogP contribution in [0.1, 0.15) is 245 Å². The van der Waals surface area contributed by atoms with Crippen LogP contribution in [0, 0.1) is 0 Å². The third kappa shape index (κ3) is 35.6. The number of allylic oxidation sites excluding steroid dienone is 2. The molecule has 0 aromatic heterocycles. The highest BCUT2D eigenvalue weighted by Gasteiger charge is 2.24. The van der Waals surface area contributed by atoms with Gasteiger partial charge in [0.15, 0.2) is 0 Å². The van der Waals surface area contributed by atoms with Crippen LogP contribution in [0.4, 0.5) is 0 Å². The van der Waals surface area contributed by atoms with Gasteiger partial charge in [0.05, 0.1) is 25.2 Å². The molecule has 0 aliphatic carbocycles. The van der Waals surface area contributed by atoms with E-state index in [1.165, 1.54) is 135 Å². The highest BCUT2D eigenvalue weighted by Crippen LogP contribution is 2.18. The Labute approximate surface area is 323 Å². The number of unbranched alkanes of at least 4 members (excludes halogenated alkanes) is 27. The largest absolute Gasteiger partial charge is 0.462 e. The minimum absolute atomic E-state index is 0.0803. The summed E-state index contributed by atoms with van der Waals surface area (Å²) in [6, 6.07) is -0.693. The summed E-state index contributed by atoms with van der Waals surface area (Å²) in [5.41, 5.74) is 0. The van der Waals surface area contributed by atoms with Crippen LogP contribution in [0.25, 0.3) is 0 Å². The smallest absolute Gasteiger partial charge is 0.306 e. The maximum atomic E-state index is 13.1. The zero-order chi connectivity index (χ0) is 38.2. The van der Waals surface area contributed by atoms with E-state index < -0.39 is 18.2 Å². The van der Waals surface area contributed by atoms with E-state index in [1.807, 2.05) is 0 Å². The molecule has 0 rings (SSSR count). The first-order valence-electron chi connectivity index (χ1n) is 22.9. The third-order valence-electron chi connectivity index (χ3n) is 10.6. The Bertz CT molecular complexity index is 787. The molecule has 0 aromatic rings. The van der Waals surface area contributed by atoms with Crippen LogP contribution in [0.5, 0.6) is 0 Å². The summed E-state index contributed by atoms with van der Waals surface area (Å²) in [6.07, 6.45) is 42.7. The van der Waals surface area contributed by atoms with Gasteiger partial charge in [-0.3, -0.25) is 9.59 Å². The molecule has 0 aliphatic rings. The van der Waals surface area contributed by atoms with Crippen molar-refractivity contribution < 1.29 is 24.5 Å². The minimum atomic E-state index is -0.780. The van der Waals surface area contributed by atoms with E-state index in [1.54, 1.807) is 0 Å². The van der Waals surface area contributed by atoms with Gasteiger partial charge in [-0.15, -0.1) is 0 Å². The maximum absolute atomic E-state index is 13.1. The molecule has 0 saturated heterocycles. The van der Waals surface area contributed by atoms with Crippen molar-refractivity contribution in [1.82, 2.24) is 5.32 Å². The lowest BCUT2D eigenvalue weighted by Gasteiger charge is -2.24. The quantitative estimate of drug-likeness (QED) is 0.0330. The van der Waals surface area contributed by atoms with E-state index >= 15 is 0 Å². The van der Waals surface area contributed by atoms with Crippen LogP contribution in [-0.4, -0.2) is 46.9 Å². The first-order valence-corrected chi connectivity index (χ1v) is 22.9. The molecule has 0 radical (unpaired) electrons. The summed E-state index contributed by atoms with van der Waals surface area (Å²) >= 11 is 0. The Kier molecular flexibility index (Phi) is 39.7. The number of esters is 1. The SMILES string of the molecule is CCC/C=C\CCCCCCCC(=O)OC(CCCCCCCCCCCCCCCC)CC(=O)NC(CO)C(O)CCCCCCCCCCC. The van der Waals surface area contributed by atoms with Crippen molar-refractivity contribution in [2.75, 3.05) is 6.61 Å². The zero-order valence-corrected chi connectivity index (χ0v) is 35.0. The standard InChI is InChI=1S/C46H89NO5/c1-4-7-10-13-16-19-21-22-23-24-26-28-31-34-37-42(52-46(51)39-36-33-30-27-20-17-14-11-8-5-2)40-45(50)47-43(41-48)44(49)38-35-32-29-25-18-15-12-9-6-3/h11,14,42-44,48-49H,4-10,12-13,15-41H2,1-3H3,(H,47,50)/b14-11-. The summed E-state index contributed by atoms with van der Waals surface area (Å²) in [6.45, 7) is 6.40. The van der Waals surface area contributed by atoms with Gasteiger partial charge in [-0.1, -0.05) is 200 Å². The summed E-state index contributed by atoms with van der Waals surface area (Å²) in [4.78, 5) is 25.9. The second-order valence-corrected chi connectivity index (χ2v) is 15.8. The molecule has 308 valence electrons. The van der Waals surface area contributed by atoms with Gasteiger partial charge in [0.25, 0.3) is 0 Å². The lowest BCUT2D eigenvalue weighted by atomic mass is 10.0. The molecule has 1 amide bonds. The number of carbonyl (C=O) groups excluding carboxylic acids is 2. The fourth-order valence-electron chi connectivity index (χ4n) is 7.08. The van der Waals surface area contributed by atoms with Crippen LogP contribution >= 0.6 is 0 Å². The van der Waals surface area contributed by atoms with Crippen molar-refractivity contribution in [2.45, 2.75) is 264 Å². The lowest BCUT2D eigenvalue weighted by Crippen LogP contribution is -2.46. The Balaban J connectivity index is 4.57. The Hall–Kier alpha value is -1.40. The molecule has 0 saturated carbocycles. The van der Waals surface area contributed by atoms with E-state index in [2.05, 4.69) is 38.2 Å². The van der Waals surface area contributed by atoms with Gasteiger partial charge in [0.2, 0.25) is 5.91 Å². The van der Waals surface area contributed by atoms with Gasteiger partial charge in [-0.05, 0) is 44.9 Å². The number of hydrogen-bond donors (Lipinski definition) is 3. The molecule has 0 heterocycles. The Morgan fingerprint density at radius 2 is 0.962 bits per heavy atom. The molecule has 0 aromatic carbocycles. The number of aliphatic hydroxyl groups excluding tert-OH is 2. The average molecular weight is 736 g/mol. The van der Waals surface area contributed by atoms with Crippen molar-refractivity contribution in [1.29, 1.82) is 0 Å². The molecule has 6 heteroatoms. The zero-order valence-electron chi connectivity index (χ0n) is 35.0. The molecule has 0 spiro atoms. The molecule has 6 nitrogen and oxygen atoms in total. The monoisotopic (exact) mass is 736 g/mol. The molecular weight excluding hydrogens is 647 g/mol. The van der Waals surface area contributed by atoms with E-state index in [0.29, 0.717) is 19.3 Å². The summed E-state index contributed by atoms with van der Waals surface area (Å²) < 4.78 is 5.89. The molecule has 0 bridgehead atoms. The maximum Gasteiger partial charge on any atom is 0.306 e. The predicted molar refractivity (Wildman–Crippen MR) is 223 cm³/mol. The predicted octanol–water partition coefficient (Wildman–Crippen LogP) is 13.0. The molecule has 52 heavy (non-hydrogen) atoms. The topological polar surface area (TPSA) is 95.9 Å². The van der Waals surface area contributed by atoms with Crippen molar-refractivity contribution in [2.24, 2.45) is 0 Å². The van der Waals surface area contributed by atoms with Crippen LogP contribution < -0.4 is 5.32 Å². The normalized spacial score (nSPS) is 13.4. The fraction of sp³-hybridized carbons (Fsp3) is 0.913. The highest BCUT2D eigenvalue weighted by atomic mass is 16.5. The molecule has 0 aliphatic heterocycles. The number of carbonyl (C=O) groups is 2. The first-order chi connectivity index (χ1) is 25.5. The van der Waals surface area contributed by atoms with Crippen LogP contribution in [0.3, 0.4) is 0 Å². The summed E-state index contributed by atoms with van der Waals surface area (Å²) in [5, 5.41) is 23.6. The van der Waals surface area contributed by atoms with Crippen LogP contribution in [0.15, 0.2) is 12.2 Å². The van der Waals surface area contributed by atoms with Crippen LogP contribution in [-0.2, 0) is 14.3 Å². The Morgan fingerprint density at radius 1 is 0.538 bits per heavy atom. The van der Waals surface area contributed by atoms with E-state index in [-0.39, 0.29) is 24.9 Å². The number of nitrogens with one attached hydrogen (secondary N) is 1.